The van der Waals surface area contributed by atoms with E-state index in [2.05, 4.69) is 4.98 Å². The summed E-state index contributed by atoms with van der Waals surface area (Å²) in [4.78, 5) is 17.2. The first-order chi connectivity index (χ1) is 14.2. The second kappa shape index (κ2) is 7.64. The number of hydrogen-bond acceptors (Lipinski definition) is 5. The molecule has 0 radical (unpaired) electrons. The number of rotatable bonds is 4. The van der Waals surface area contributed by atoms with Gasteiger partial charge in [0, 0.05) is 43.8 Å². The van der Waals surface area contributed by atoms with Crippen molar-refractivity contribution in [2.45, 2.75) is 30.8 Å². The molecule has 4 rings (SSSR count). The summed E-state index contributed by atoms with van der Waals surface area (Å²) in [6.07, 6.45) is 5.17. The van der Waals surface area contributed by atoms with E-state index in [4.69, 9.17) is 9.84 Å². The van der Waals surface area contributed by atoms with E-state index in [1.165, 1.54) is 11.2 Å². The molecule has 3 heterocycles. The number of fused-ring (bicyclic) bond motifs is 1. The molecule has 0 aliphatic carbocycles. The van der Waals surface area contributed by atoms with Gasteiger partial charge in [-0.25, -0.2) is 18.2 Å². The SMILES string of the molecule is Cc1cn(-c2ccc(OC3CCN(C(=O)O)CC3)cn2)c2ccc(S(C)(=O)=O)cc12. The number of ether oxygens (including phenoxy) is 1. The quantitative estimate of drug-likeness (QED) is 0.683. The minimum atomic E-state index is -3.27. The zero-order valence-electron chi connectivity index (χ0n) is 16.8. The third-order valence-corrected chi connectivity index (χ3v) is 6.50. The first kappa shape index (κ1) is 20.2. The number of carbonyl (C=O) groups is 1. The Kier molecular flexibility index (Phi) is 5.15. The maximum Gasteiger partial charge on any atom is 0.407 e. The fourth-order valence-corrected chi connectivity index (χ4v) is 4.38. The molecular formula is C21H23N3O5S. The third kappa shape index (κ3) is 3.97. The molecule has 1 saturated heterocycles. The molecule has 0 saturated carbocycles. The average Bonchev–Trinajstić information content (AvgIpc) is 3.04. The molecule has 0 spiro atoms. The molecule has 0 atom stereocenters. The molecule has 1 amide bonds. The fraction of sp³-hybridized carbons (Fsp3) is 0.333. The van der Waals surface area contributed by atoms with Crippen LogP contribution in [-0.4, -0.2) is 59.5 Å². The smallest absolute Gasteiger partial charge is 0.407 e. The van der Waals surface area contributed by atoms with Crippen LogP contribution in [0.5, 0.6) is 5.75 Å². The van der Waals surface area contributed by atoms with Gasteiger partial charge >= 0.3 is 6.09 Å². The second-order valence-electron chi connectivity index (χ2n) is 7.57. The van der Waals surface area contributed by atoms with E-state index in [1.807, 2.05) is 29.8 Å². The highest BCUT2D eigenvalue weighted by Crippen LogP contribution is 2.27. The van der Waals surface area contributed by atoms with Gasteiger partial charge in [-0.2, -0.15) is 0 Å². The minimum Gasteiger partial charge on any atom is -0.489 e. The summed E-state index contributed by atoms with van der Waals surface area (Å²) < 4.78 is 31.6. The van der Waals surface area contributed by atoms with Gasteiger partial charge in [-0.3, -0.25) is 0 Å². The highest BCUT2D eigenvalue weighted by atomic mass is 32.2. The number of carboxylic acid groups (broad SMARTS) is 1. The van der Waals surface area contributed by atoms with Crippen LogP contribution in [0.3, 0.4) is 0 Å². The summed E-state index contributed by atoms with van der Waals surface area (Å²) in [7, 11) is -3.27. The zero-order valence-corrected chi connectivity index (χ0v) is 17.6. The molecule has 3 aromatic rings. The van der Waals surface area contributed by atoms with Crippen molar-refractivity contribution in [3.63, 3.8) is 0 Å². The largest absolute Gasteiger partial charge is 0.489 e. The Morgan fingerprint density at radius 2 is 1.93 bits per heavy atom. The lowest BCUT2D eigenvalue weighted by Gasteiger charge is -2.30. The third-order valence-electron chi connectivity index (χ3n) is 5.39. The number of piperidine rings is 1. The van der Waals surface area contributed by atoms with Crippen LogP contribution < -0.4 is 4.74 Å². The summed E-state index contributed by atoms with van der Waals surface area (Å²) in [6, 6.07) is 8.79. The van der Waals surface area contributed by atoms with E-state index < -0.39 is 15.9 Å². The van der Waals surface area contributed by atoms with Crippen LogP contribution in [0, 0.1) is 6.92 Å². The second-order valence-corrected chi connectivity index (χ2v) is 9.59. The molecule has 0 unspecified atom stereocenters. The molecule has 2 aromatic heterocycles. The fourth-order valence-electron chi connectivity index (χ4n) is 3.74. The average molecular weight is 429 g/mol. The van der Waals surface area contributed by atoms with Crippen molar-refractivity contribution in [2.75, 3.05) is 19.3 Å². The van der Waals surface area contributed by atoms with Gasteiger partial charge in [0.15, 0.2) is 9.84 Å². The number of aromatic nitrogens is 2. The van der Waals surface area contributed by atoms with E-state index in [0.717, 1.165) is 16.5 Å². The summed E-state index contributed by atoms with van der Waals surface area (Å²) in [5, 5.41) is 9.89. The Hall–Kier alpha value is -3.07. The van der Waals surface area contributed by atoms with E-state index >= 15 is 0 Å². The number of nitrogens with zero attached hydrogens (tertiary/aromatic N) is 3. The Labute approximate surface area is 174 Å². The number of amides is 1. The van der Waals surface area contributed by atoms with Crippen LogP contribution in [0.15, 0.2) is 47.6 Å². The van der Waals surface area contributed by atoms with Gasteiger partial charge in [0.2, 0.25) is 0 Å². The van der Waals surface area contributed by atoms with Gasteiger partial charge in [-0.1, -0.05) is 0 Å². The van der Waals surface area contributed by atoms with Gasteiger partial charge in [-0.15, -0.1) is 0 Å². The number of aryl methyl sites for hydroxylation is 1. The summed E-state index contributed by atoms with van der Waals surface area (Å²) in [6.45, 7) is 2.87. The predicted molar refractivity (Wildman–Crippen MR) is 112 cm³/mol. The molecule has 8 nitrogen and oxygen atoms in total. The molecule has 30 heavy (non-hydrogen) atoms. The van der Waals surface area contributed by atoms with Crippen LogP contribution in [0.25, 0.3) is 16.7 Å². The number of benzene rings is 1. The van der Waals surface area contributed by atoms with Crippen LogP contribution in [0.2, 0.25) is 0 Å². The zero-order chi connectivity index (χ0) is 21.5. The number of sulfone groups is 1. The van der Waals surface area contributed by atoms with E-state index in [0.29, 0.717) is 42.4 Å². The minimum absolute atomic E-state index is 0.0303. The van der Waals surface area contributed by atoms with E-state index in [-0.39, 0.29) is 6.10 Å². The maximum absolute atomic E-state index is 11.9. The highest BCUT2D eigenvalue weighted by molar-refractivity contribution is 7.90. The van der Waals surface area contributed by atoms with Crippen molar-refractivity contribution in [1.82, 2.24) is 14.5 Å². The van der Waals surface area contributed by atoms with Gasteiger partial charge in [0.25, 0.3) is 0 Å². The van der Waals surface area contributed by atoms with E-state index in [9.17, 15) is 13.2 Å². The number of likely N-dealkylation sites (tertiary alicyclic amines) is 1. The summed E-state index contributed by atoms with van der Waals surface area (Å²) in [5.74, 6) is 1.34. The molecule has 9 heteroatoms. The summed E-state index contributed by atoms with van der Waals surface area (Å²) in [5.41, 5.74) is 1.84. The topological polar surface area (TPSA) is 102 Å². The molecule has 158 valence electrons. The van der Waals surface area contributed by atoms with Crippen molar-refractivity contribution in [3.8, 4) is 11.6 Å². The Morgan fingerprint density at radius 3 is 2.53 bits per heavy atom. The molecular weight excluding hydrogens is 406 g/mol. The molecule has 1 aliphatic heterocycles. The molecule has 1 aliphatic rings. The molecule has 1 aromatic carbocycles. The molecule has 0 bridgehead atoms. The van der Waals surface area contributed by atoms with Crippen molar-refractivity contribution in [1.29, 1.82) is 0 Å². The van der Waals surface area contributed by atoms with Gasteiger partial charge in [0.05, 0.1) is 16.6 Å². The Bertz CT molecular complexity index is 1190. The Morgan fingerprint density at radius 1 is 1.20 bits per heavy atom. The lowest BCUT2D eigenvalue weighted by Crippen LogP contribution is -2.41. The van der Waals surface area contributed by atoms with Crippen LogP contribution in [0.1, 0.15) is 18.4 Å². The summed E-state index contributed by atoms with van der Waals surface area (Å²) >= 11 is 0. The van der Waals surface area contributed by atoms with Gasteiger partial charge < -0.3 is 19.3 Å². The lowest BCUT2D eigenvalue weighted by atomic mass is 10.1. The molecule has 1 N–H and O–H groups in total. The van der Waals surface area contributed by atoms with Gasteiger partial charge in [-0.05, 0) is 42.8 Å². The molecule has 1 fully saturated rings. The highest BCUT2D eigenvalue weighted by Gasteiger charge is 2.23. The van der Waals surface area contributed by atoms with Crippen molar-refractivity contribution >= 4 is 26.8 Å². The van der Waals surface area contributed by atoms with Crippen LogP contribution in [0.4, 0.5) is 4.79 Å². The van der Waals surface area contributed by atoms with Crippen molar-refractivity contribution in [2.24, 2.45) is 0 Å². The predicted octanol–water partition coefficient (Wildman–Crippen LogP) is 3.26. The number of pyridine rings is 1. The van der Waals surface area contributed by atoms with Crippen molar-refractivity contribution < 1.29 is 23.1 Å². The first-order valence-corrected chi connectivity index (χ1v) is 11.5. The standard InChI is InChI=1S/C21H23N3O5S/c1-14-13-24(19-5-4-17(11-18(14)19)30(2,27)28)20-6-3-16(12-22-20)29-15-7-9-23(10-8-15)21(25)26/h3-6,11-13,15H,7-10H2,1-2H3,(H,25,26). The van der Waals surface area contributed by atoms with Crippen molar-refractivity contribution in [3.05, 3.63) is 48.3 Å². The maximum atomic E-state index is 11.9. The lowest BCUT2D eigenvalue weighted by molar-refractivity contribution is 0.0893. The number of hydrogen-bond donors (Lipinski definition) is 1. The van der Waals surface area contributed by atoms with E-state index in [1.54, 1.807) is 24.4 Å². The van der Waals surface area contributed by atoms with Gasteiger partial charge in [0.1, 0.15) is 17.7 Å². The first-order valence-electron chi connectivity index (χ1n) is 9.65. The Balaban J connectivity index is 1.53. The van der Waals surface area contributed by atoms with Crippen LogP contribution in [-0.2, 0) is 9.84 Å². The monoisotopic (exact) mass is 429 g/mol. The van der Waals surface area contributed by atoms with Crippen LogP contribution >= 0.6 is 0 Å². The normalized spacial score (nSPS) is 15.5.